The molecule has 1 aromatic heterocycles. The molecular formula is C11H9ClINS. The van der Waals surface area contributed by atoms with Crippen molar-refractivity contribution in [3.63, 3.8) is 0 Å². The van der Waals surface area contributed by atoms with Gasteiger partial charge in [0.1, 0.15) is 0 Å². The molecule has 1 nitrogen and oxygen atoms in total. The SMILES string of the molecule is Clc1ccc(NCc2ccsc2)c(I)c1. The van der Waals surface area contributed by atoms with Crippen molar-refractivity contribution in [2.24, 2.45) is 0 Å². The summed E-state index contributed by atoms with van der Waals surface area (Å²) in [4.78, 5) is 0. The standard InChI is InChI=1S/C11H9ClINS/c12-9-1-2-11(10(13)5-9)14-6-8-3-4-15-7-8/h1-5,7,14H,6H2. The van der Waals surface area contributed by atoms with Crippen LogP contribution in [0.1, 0.15) is 5.56 Å². The molecule has 0 amide bonds. The van der Waals surface area contributed by atoms with Gasteiger partial charge in [0.2, 0.25) is 0 Å². The van der Waals surface area contributed by atoms with Crippen LogP contribution in [0.4, 0.5) is 5.69 Å². The number of thiophene rings is 1. The van der Waals surface area contributed by atoms with Crippen molar-refractivity contribution in [2.75, 3.05) is 5.32 Å². The van der Waals surface area contributed by atoms with Gasteiger partial charge in [-0.1, -0.05) is 11.6 Å². The minimum atomic E-state index is 0.778. The molecule has 1 heterocycles. The Balaban J connectivity index is 2.05. The van der Waals surface area contributed by atoms with Crippen LogP contribution in [-0.4, -0.2) is 0 Å². The first-order valence-electron chi connectivity index (χ1n) is 4.46. The fourth-order valence-corrected chi connectivity index (χ4v) is 2.95. The molecule has 0 aliphatic heterocycles. The molecule has 0 saturated heterocycles. The normalized spacial score (nSPS) is 10.3. The highest BCUT2D eigenvalue weighted by Crippen LogP contribution is 2.22. The Hall–Kier alpha value is -0.260. The van der Waals surface area contributed by atoms with Crippen LogP contribution < -0.4 is 5.32 Å². The molecule has 2 aromatic rings. The van der Waals surface area contributed by atoms with E-state index in [1.807, 2.05) is 18.2 Å². The minimum absolute atomic E-state index is 0.778. The van der Waals surface area contributed by atoms with Crippen molar-refractivity contribution in [1.29, 1.82) is 0 Å². The maximum absolute atomic E-state index is 5.89. The van der Waals surface area contributed by atoms with Gasteiger partial charge in [0.15, 0.2) is 0 Å². The van der Waals surface area contributed by atoms with Gasteiger partial charge in [-0.3, -0.25) is 0 Å². The Kier molecular flexibility index (Phi) is 3.88. The van der Waals surface area contributed by atoms with Crippen LogP contribution in [-0.2, 0) is 6.54 Å². The highest BCUT2D eigenvalue weighted by molar-refractivity contribution is 14.1. The fraction of sp³-hybridized carbons (Fsp3) is 0.0909. The van der Waals surface area contributed by atoms with Gasteiger partial charge in [-0.25, -0.2) is 0 Å². The van der Waals surface area contributed by atoms with Gasteiger partial charge in [0.25, 0.3) is 0 Å². The number of hydrogen-bond donors (Lipinski definition) is 1. The largest absolute Gasteiger partial charge is 0.380 e. The summed E-state index contributed by atoms with van der Waals surface area (Å²) in [6, 6.07) is 7.99. The molecule has 78 valence electrons. The second-order valence-corrected chi connectivity index (χ2v) is 5.49. The number of hydrogen-bond acceptors (Lipinski definition) is 2. The van der Waals surface area contributed by atoms with Gasteiger partial charge in [0, 0.05) is 20.8 Å². The molecule has 0 unspecified atom stereocenters. The zero-order valence-electron chi connectivity index (χ0n) is 7.84. The lowest BCUT2D eigenvalue weighted by Crippen LogP contribution is -1.99. The Morgan fingerprint density at radius 2 is 2.20 bits per heavy atom. The quantitative estimate of drug-likeness (QED) is 0.797. The lowest BCUT2D eigenvalue weighted by Gasteiger charge is -2.07. The molecule has 2 rings (SSSR count). The summed E-state index contributed by atoms with van der Waals surface area (Å²) in [5, 5.41) is 8.40. The predicted octanol–water partition coefficient (Wildman–Crippen LogP) is 4.62. The third-order valence-corrected chi connectivity index (χ3v) is 3.85. The Morgan fingerprint density at radius 1 is 1.33 bits per heavy atom. The molecule has 0 fully saturated rings. The summed E-state index contributed by atoms with van der Waals surface area (Å²) < 4.78 is 1.15. The van der Waals surface area contributed by atoms with E-state index in [1.54, 1.807) is 11.3 Å². The van der Waals surface area contributed by atoms with E-state index in [0.29, 0.717) is 0 Å². The van der Waals surface area contributed by atoms with Crippen molar-refractivity contribution in [2.45, 2.75) is 6.54 Å². The van der Waals surface area contributed by atoms with Gasteiger partial charge >= 0.3 is 0 Å². The fourth-order valence-electron chi connectivity index (χ4n) is 1.22. The van der Waals surface area contributed by atoms with Gasteiger partial charge in [-0.15, -0.1) is 0 Å². The lowest BCUT2D eigenvalue weighted by atomic mass is 10.3. The van der Waals surface area contributed by atoms with Crippen LogP contribution in [0.15, 0.2) is 35.0 Å². The van der Waals surface area contributed by atoms with Gasteiger partial charge < -0.3 is 5.32 Å². The van der Waals surface area contributed by atoms with E-state index in [9.17, 15) is 0 Å². The average Bonchev–Trinajstić information content (AvgIpc) is 2.69. The van der Waals surface area contributed by atoms with Crippen LogP contribution in [0.5, 0.6) is 0 Å². The Morgan fingerprint density at radius 3 is 2.87 bits per heavy atom. The summed E-state index contributed by atoms with van der Waals surface area (Å²) in [5.41, 5.74) is 2.44. The molecule has 0 bridgehead atoms. The maximum Gasteiger partial charge on any atom is 0.0479 e. The van der Waals surface area contributed by atoms with E-state index in [4.69, 9.17) is 11.6 Å². The first-order valence-corrected chi connectivity index (χ1v) is 6.85. The number of rotatable bonds is 3. The molecule has 0 radical (unpaired) electrons. The number of anilines is 1. The molecular weight excluding hydrogens is 341 g/mol. The molecule has 0 aliphatic rings. The van der Waals surface area contributed by atoms with Crippen LogP contribution >= 0.6 is 45.5 Å². The van der Waals surface area contributed by atoms with E-state index in [-0.39, 0.29) is 0 Å². The zero-order chi connectivity index (χ0) is 10.7. The van der Waals surface area contributed by atoms with E-state index in [1.165, 1.54) is 5.56 Å². The van der Waals surface area contributed by atoms with Crippen LogP contribution in [0.25, 0.3) is 0 Å². The summed E-state index contributed by atoms with van der Waals surface area (Å²) in [6.45, 7) is 0.862. The predicted molar refractivity (Wildman–Crippen MR) is 75.8 cm³/mol. The number of benzene rings is 1. The van der Waals surface area contributed by atoms with Crippen molar-refractivity contribution >= 4 is 51.2 Å². The molecule has 1 N–H and O–H groups in total. The van der Waals surface area contributed by atoms with Crippen molar-refractivity contribution in [1.82, 2.24) is 0 Å². The first kappa shape index (κ1) is 11.2. The number of halogens is 2. The summed E-state index contributed by atoms with van der Waals surface area (Å²) in [5.74, 6) is 0. The van der Waals surface area contributed by atoms with Crippen LogP contribution in [0.2, 0.25) is 5.02 Å². The van der Waals surface area contributed by atoms with Crippen molar-refractivity contribution < 1.29 is 0 Å². The maximum atomic E-state index is 5.89. The Bertz CT molecular complexity index is 442. The second kappa shape index (κ2) is 5.18. The smallest absolute Gasteiger partial charge is 0.0479 e. The van der Waals surface area contributed by atoms with Gasteiger partial charge in [0.05, 0.1) is 0 Å². The van der Waals surface area contributed by atoms with E-state index in [2.05, 4.69) is 44.7 Å². The Labute approximate surface area is 112 Å². The van der Waals surface area contributed by atoms with Crippen LogP contribution in [0.3, 0.4) is 0 Å². The molecule has 0 saturated carbocycles. The molecule has 0 spiro atoms. The van der Waals surface area contributed by atoms with Gasteiger partial charge in [-0.05, 0) is 63.2 Å². The third kappa shape index (κ3) is 3.09. The highest BCUT2D eigenvalue weighted by Gasteiger charge is 2.00. The van der Waals surface area contributed by atoms with E-state index in [0.717, 1.165) is 20.8 Å². The monoisotopic (exact) mass is 349 g/mol. The first-order chi connectivity index (χ1) is 7.25. The molecule has 0 atom stereocenters. The minimum Gasteiger partial charge on any atom is -0.380 e. The second-order valence-electron chi connectivity index (χ2n) is 3.11. The summed E-state index contributed by atoms with van der Waals surface area (Å²) in [6.07, 6.45) is 0. The van der Waals surface area contributed by atoms with E-state index >= 15 is 0 Å². The molecule has 15 heavy (non-hydrogen) atoms. The lowest BCUT2D eigenvalue weighted by molar-refractivity contribution is 1.16. The summed E-state index contributed by atoms with van der Waals surface area (Å²) in [7, 11) is 0. The molecule has 0 aliphatic carbocycles. The van der Waals surface area contributed by atoms with Gasteiger partial charge in [-0.2, -0.15) is 11.3 Å². The average molecular weight is 350 g/mol. The van der Waals surface area contributed by atoms with E-state index < -0.39 is 0 Å². The van der Waals surface area contributed by atoms with Crippen LogP contribution in [0, 0.1) is 3.57 Å². The molecule has 4 heteroatoms. The highest BCUT2D eigenvalue weighted by atomic mass is 127. The number of nitrogens with one attached hydrogen (secondary N) is 1. The summed E-state index contributed by atoms with van der Waals surface area (Å²) >= 11 is 9.89. The zero-order valence-corrected chi connectivity index (χ0v) is 11.6. The van der Waals surface area contributed by atoms with Crippen molar-refractivity contribution in [3.05, 3.63) is 49.2 Å². The molecule has 1 aromatic carbocycles. The van der Waals surface area contributed by atoms with Crippen molar-refractivity contribution in [3.8, 4) is 0 Å². The third-order valence-electron chi connectivity index (χ3n) is 1.99. The topological polar surface area (TPSA) is 12.0 Å².